The summed E-state index contributed by atoms with van der Waals surface area (Å²) in [5.41, 5.74) is 0. The fourth-order valence-electron chi connectivity index (χ4n) is 6.62. The molecule has 0 bridgehead atoms. The van der Waals surface area contributed by atoms with E-state index in [0.29, 0.717) is 19.3 Å². The van der Waals surface area contributed by atoms with Gasteiger partial charge in [0.2, 0.25) is 0 Å². The Hall–Kier alpha value is -1.81. The van der Waals surface area contributed by atoms with Crippen LogP contribution in [0.4, 0.5) is 0 Å². The molecule has 1 aliphatic rings. The molecule has 1 fully saturated rings. The fourth-order valence-corrected chi connectivity index (χ4v) is 6.62. The minimum Gasteiger partial charge on any atom is -0.462 e. The molecular formula is C40H72O9. The predicted octanol–water partition coefficient (Wildman–Crippen LogP) is 7.54. The molecule has 1 aliphatic carbocycles. The first-order chi connectivity index (χ1) is 23.6. The maximum Gasteiger partial charge on any atom is 0.306 e. The Morgan fingerprint density at radius 1 is 0.735 bits per heavy atom. The molecule has 0 aromatic heterocycles. The second kappa shape index (κ2) is 28.8. The SMILES string of the molecule is CCCCC[C@H](O)/C=C/[C@@H]1[C@@H](CC(=O)CCCCC(=O)OC[C@H](CO)OC(=O)CCCCCCCCCCCCCC(C)C)[C@@H](O)C[C@H]1O. The van der Waals surface area contributed by atoms with E-state index in [1.165, 1.54) is 57.8 Å². The van der Waals surface area contributed by atoms with Crippen molar-refractivity contribution >= 4 is 17.7 Å². The zero-order chi connectivity index (χ0) is 36.3. The Morgan fingerprint density at radius 2 is 1.29 bits per heavy atom. The number of ether oxygens (including phenoxy) is 2. The molecule has 0 amide bonds. The third kappa shape index (κ3) is 23.3. The van der Waals surface area contributed by atoms with Crippen molar-refractivity contribution in [2.24, 2.45) is 17.8 Å². The van der Waals surface area contributed by atoms with Crippen molar-refractivity contribution in [3.63, 3.8) is 0 Å². The highest BCUT2D eigenvalue weighted by Gasteiger charge is 2.41. The summed E-state index contributed by atoms with van der Waals surface area (Å²) in [5, 5.41) is 40.6. The van der Waals surface area contributed by atoms with Crippen molar-refractivity contribution in [3.05, 3.63) is 12.2 Å². The largest absolute Gasteiger partial charge is 0.462 e. The van der Waals surface area contributed by atoms with Gasteiger partial charge < -0.3 is 29.9 Å². The average Bonchev–Trinajstić information content (AvgIpc) is 3.32. The van der Waals surface area contributed by atoms with Crippen molar-refractivity contribution in [1.29, 1.82) is 0 Å². The van der Waals surface area contributed by atoms with Gasteiger partial charge in [0.15, 0.2) is 6.10 Å². The molecular weight excluding hydrogens is 624 g/mol. The first-order valence-electron chi connectivity index (χ1n) is 19.8. The molecule has 286 valence electrons. The van der Waals surface area contributed by atoms with Crippen molar-refractivity contribution in [1.82, 2.24) is 0 Å². The number of aliphatic hydroxyl groups is 4. The number of carbonyl (C=O) groups is 3. The van der Waals surface area contributed by atoms with Crippen molar-refractivity contribution < 1.29 is 44.3 Å². The van der Waals surface area contributed by atoms with Crippen LogP contribution in [0.5, 0.6) is 0 Å². The van der Waals surface area contributed by atoms with Crippen LogP contribution in [0.3, 0.4) is 0 Å². The third-order valence-electron chi connectivity index (χ3n) is 9.72. The summed E-state index contributed by atoms with van der Waals surface area (Å²) in [6.45, 7) is 6.03. The summed E-state index contributed by atoms with van der Waals surface area (Å²) in [6, 6.07) is 0. The lowest BCUT2D eigenvalue weighted by atomic mass is 9.87. The first kappa shape index (κ1) is 45.2. The lowest BCUT2D eigenvalue weighted by Crippen LogP contribution is -2.28. The molecule has 0 aliphatic heterocycles. The lowest BCUT2D eigenvalue weighted by Gasteiger charge is -2.20. The van der Waals surface area contributed by atoms with Crippen LogP contribution < -0.4 is 0 Å². The van der Waals surface area contributed by atoms with Gasteiger partial charge in [-0.15, -0.1) is 0 Å². The monoisotopic (exact) mass is 697 g/mol. The van der Waals surface area contributed by atoms with E-state index in [4.69, 9.17) is 9.47 Å². The number of Topliss-reactive ketones (excluding diaryl/α,β-unsaturated/α-hetero) is 1. The average molecular weight is 697 g/mol. The molecule has 0 radical (unpaired) electrons. The second-order valence-electron chi connectivity index (χ2n) is 14.8. The Labute approximate surface area is 297 Å². The first-order valence-corrected chi connectivity index (χ1v) is 19.8. The van der Waals surface area contributed by atoms with Crippen LogP contribution in [-0.2, 0) is 23.9 Å². The van der Waals surface area contributed by atoms with Crippen molar-refractivity contribution in [2.75, 3.05) is 13.2 Å². The molecule has 9 heteroatoms. The number of rotatable bonds is 31. The Kier molecular flexibility index (Phi) is 26.6. The van der Waals surface area contributed by atoms with Crippen molar-refractivity contribution in [2.45, 2.75) is 193 Å². The van der Waals surface area contributed by atoms with Crippen LogP contribution in [0.2, 0.25) is 0 Å². The van der Waals surface area contributed by atoms with E-state index < -0.39 is 48.9 Å². The van der Waals surface area contributed by atoms with E-state index in [0.717, 1.165) is 44.4 Å². The van der Waals surface area contributed by atoms with E-state index in [1.54, 1.807) is 12.2 Å². The number of esters is 2. The molecule has 0 heterocycles. The maximum absolute atomic E-state index is 12.7. The lowest BCUT2D eigenvalue weighted by molar-refractivity contribution is -0.161. The molecule has 9 nitrogen and oxygen atoms in total. The smallest absolute Gasteiger partial charge is 0.306 e. The Morgan fingerprint density at radius 3 is 1.90 bits per heavy atom. The van der Waals surface area contributed by atoms with Crippen LogP contribution in [0.15, 0.2) is 12.2 Å². The predicted molar refractivity (Wildman–Crippen MR) is 194 cm³/mol. The number of unbranched alkanes of at least 4 members (excludes halogenated alkanes) is 13. The van der Waals surface area contributed by atoms with Gasteiger partial charge >= 0.3 is 11.9 Å². The van der Waals surface area contributed by atoms with E-state index in [2.05, 4.69) is 20.8 Å². The topological polar surface area (TPSA) is 151 Å². The summed E-state index contributed by atoms with van der Waals surface area (Å²) in [7, 11) is 0. The van der Waals surface area contributed by atoms with Crippen LogP contribution in [0.25, 0.3) is 0 Å². The molecule has 1 rings (SSSR count). The molecule has 0 unspecified atom stereocenters. The highest BCUT2D eigenvalue weighted by molar-refractivity contribution is 5.79. The van der Waals surface area contributed by atoms with E-state index in [1.807, 2.05) is 0 Å². The van der Waals surface area contributed by atoms with Gasteiger partial charge in [-0.2, -0.15) is 0 Å². The van der Waals surface area contributed by atoms with Gasteiger partial charge in [0.05, 0.1) is 24.9 Å². The number of ketones is 1. The second-order valence-corrected chi connectivity index (χ2v) is 14.8. The Balaban J connectivity index is 2.15. The zero-order valence-electron chi connectivity index (χ0n) is 31.2. The molecule has 0 aromatic carbocycles. The summed E-state index contributed by atoms with van der Waals surface area (Å²) >= 11 is 0. The molecule has 0 saturated heterocycles. The van der Waals surface area contributed by atoms with Crippen molar-refractivity contribution in [3.8, 4) is 0 Å². The third-order valence-corrected chi connectivity index (χ3v) is 9.72. The maximum atomic E-state index is 12.7. The van der Waals surface area contributed by atoms with Gasteiger partial charge in [-0.25, -0.2) is 0 Å². The number of hydrogen-bond acceptors (Lipinski definition) is 9. The molecule has 49 heavy (non-hydrogen) atoms. The van der Waals surface area contributed by atoms with E-state index >= 15 is 0 Å². The molecule has 6 atom stereocenters. The summed E-state index contributed by atoms with van der Waals surface area (Å²) in [6.07, 6.45) is 20.5. The molecule has 4 N–H and O–H groups in total. The van der Waals surface area contributed by atoms with Gasteiger partial charge in [-0.3, -0.25) is 14.4 Å². The van der Waals surface area contributed by atoms with Gasteiger partial charge in [-0.1, -0.05) is 123 Å². The number of aliphatic hydroxyl groups excluding tert-OH is 4. The number of carbonyl (C=O) groups excluding carboxylic acids is 3. The van der Waals surface area contributed by atoms with E-state index in [-0.39, 0.29) is 50.4 Å². The summed E-state index contributed by atoms with van der Waals surface area (Å²) < 4.78 is 10.5. The standard InChI is InChI=1S/C40H72O9/c1-4-5-15-21-32(42)25-26-35-36(38(45)28-37(35)44)27-33(43)22-18-19-23-39(46)48-30-34(29-41)49-40(47)24-17-14-12-10-8-6-7-9-11-13-16-20-31(2)3/h25-26,31-32,34-38,41-42,44-45H,4-24,27-30H2,1-3H3/b26-25+/t32-,34-,35+,36+,37+,38-/m0/s1. The Bertz CT molecular complexity index is 889. The molecule has 0 spiro atoms. The van der Waals surface area contributed by atoms with Crippen LogP contribution in [-0.4, -0.2) is 75.8 Å². The minimum atomic E-state index is -0.893. The van der Waals surface area contributed by atoms with Gasteiger partial charge in [-0.05, 0) is 31.6 Å². The normalized spacial score (nSPS) is 20.6. The minimum absolute atomic E-state index is 0.0427. The quantitative estimate of drug-likeness (QED) is 0.0328. The molecule has 0 aromatic rings. The highest BCUT2D eigenvalue weighted by Crippen LogP contribution is 2.36. The summed E-state index contributed by atoms with van der Waals surface area (Å²) in [5.74, 6) is -0.902. The fraction of sp³-hybridized carbons (Fsp3) is 0.875. The zero-order valence-corrected chi connectivity index (χ0v) is 31.2. The van der Waals surface area contributed by atoms with Crippen LogP contribution >= 0.6 is 0 Å². The van der Waals surface area contributed by atoms with Crippen LogP contribution in [0.1, 0.15) is 168 Å². The highest BCUT2D eigenvalue weighted by atomic mass is 16.6. The summed E-state index contributed by atoms with van der Waals surface area (Å²) in [4.78, 5) is 37.1. The van der Waals surface area contributed by atoms with Gasteiger partial charge in [0.1, 0.15) is 12.4 Å². The van der Waals surface area contributed by atoms with Gasteiger partial charge in [0, 0.05) is 43.9 Å². The van der Waals surface area contributed by atoms with Crippen LogP contribution in [0, 0.1) is 17.8 Å². The van der Waals surface area contributed by atoms with Gasteiger partial charge in [0.25, 0.3) is 0 Å². The molecule has 1 saturated carbocycles. The van der Waals surface area contributed by atoms with E-state index in [9.17, 15) is 34.8 Å². The number of hydrogen-bond donors (Lipinski definition) is 4.